The molecule has 36 heavy (non-hydrogen) atoms. The summed E-state index contributed by atoms with van der Waals surface area (Å²) in [5, 5.41) is 97.0. The van der Waals surface area contributed by atoms with Crippen molar-refractivity contribution < 1.29 is 83.8 Å². The van der Waals surface area contributed by atoms with Gasteiger partial charge in [-0.3, -0.25) is 9.05 Å². The van der Waals surface area contributed by atoms with Gasteiger partial charge in [0, 0.05) is 0 Å². The summed E-state index contributed by atoms with van der Waals surface area (Å²) in [7, 11) is -4.95. The molecule has 0 spiro atoms. The largest absolute Gasteiger partial charge is 0.472 e. The zero-order chi connectivity index (χ0) is 27.4. The normalized spacial score (nSPS) is 41.9. The number of nitrogens with two attached hydrogens (primary N) is 1. The van der Waals surface area contributed by atoms with Crippen molar-refractivity contribution in [1.82, 2.24) is 0 Å². The molecule has 2 aliphatic heterocycles. The molecule has 0 saturated carbocycles. The van der Waals surface area contributed by atoms with Crippen LogP contribution in [0.5, 0.6) is 0 Å². The van der Waals surface area contributed by atoms with E-state index >= 15 is 0 Å². The van der Waals surface area contributed by atoms with Crippen molar-refractivity contribution in [3.63, 3.8) is 0 Å². The molecule has 2 heterocycles. The summed E-state index contributed by atoms with van der Waals surface area (Å²) in [6.45, 7) is -3.33. The molecule has 13 N–H and O–H groups in total. The second-order valence-electron chi connectivity index (χ2n) is 8.34. The highest BCUT2D eigenvalue weighted by molar-refractivity contribution is 7.47. The first-order valence-electron chi connectivity index (χ1n) is 10.7. The molecule has 2 saturated heterocycles. The molecule has 0 amide bonds. The van der Waals surface area contributed by atoms with Gasteiger partial charge in [-0.15, -0.1) is 0 Å². The molecular formula is C17H34NO17P. The second kappa shape index (κ2) is 13.6. The van der Waals surface area contributed by atoms with Gasteiger partial charge in [0.1, 0.15) is 61.0 Å². The van der Waals surface area contributed by atoms with Crippen molar-refractivity contribution in [2.45, 2.75) is 79.7 Å². The molecule has 0 bridgehead atoms. The van der Waals surface area contributed by atoms with Gasteiger partial charge in [0.15, 0.2) is 12.6 Å². The molecule has 0 aromatic carbocycles. The van der Waals surface area contributed by atoms with Crippen LogP contribution in [0.2, 0.25) is 0 Å². The van der Waals surface area contributed by atoms with Crippen LogP contribution in [0.4, 0.5) is 0 Å². The van der Waals surface area contributed by atoms with Gasteiger partial charge in [-0.2, -0.15) is 0 Å². The third kappa shape index (κ3) is 8.03. The Morgan fingerprint density at radius 3 is 2.00 bits per heavy atom. The molecule has 19 heteroatoms. The number of hydrogen-bond acceptors (Lipinski definition) is 17. The fourth-order valence-corrected chi connectivity index (χ4v) is 4.10. The summed E-state index contributed by atoms with van der Waals surface area (Å²) in [5.74, 6) is 0. The van der Waals surface area contributed by atoms with Gasteiger partial charge in [-0.1, -0.05) is 0 Å². The van der Waals surface area contributed by atoms with E-state index in [0.29, 0.717) is 0 Å². The molecular weight excluding hydrogens is 521 g/mol. The molecule has 0 aromatic rings. The lowest BCUT2D eigenvalue weighted by molar-refractivity contribution is -0.285. The fourth-order valence-electron chi connectivity index (χ4n) is 3.34. The lowest BCUT2D eigenvalue weighted by Gasteiger charge is -2.40. The van der Waals surface area contributed by atoms with E-state index in [9.17, 15) is 60.5 Å². The standard InChI is InChI=1S/C17H34NO17P/c18-9-13(25)11(23)7(1-19)35-17(9)31-2-5(20)10(22)6(21)3-32-36(29,30)33-4-8-12(24)14(26)15(27)16(28)34-8/h5-17,19-28H,1-4,18H2,(H,29,30)/t5-,6+,7+,8+,9+,10-,11-,12+,13+,14-,15+,16?,17?/m0/s1. The van der Waals surface area contributed by atoms with Gasteiger partial charge in [0.25, 0.3) is 0 Å². The Bertz CT molecular complexity index is 719. The van der Waals surface area contributed by atoms with Crippen LogP contribution < -0.4 is 5.73 Å². The number of phosphoric acid groups is 1. The Morgan fingerprint density at radius 2 is 1.39 bits per heavy atom. The summed E-state index contributed by atoms with van der Waals surface area (Å²) in [6.07, 6.45) is -20.3. The number of ether oxygens (including phenoxy) is 3. The van der Waals surface area contributed by atoms with Crippen molar-refractivity contribution in [2.24, 2.45) is 5.73 Å². The van der Waals surface area contributed by atoms with E-state index in [1.165, 1.54) is 0 Å². The third-order valence-electron chi connectivity index (χ3n) is 5.65. The lowest BCUT2D eigenvalue weighted by Crippen LogP contribution is -2.62. The second-order valence-corrected chi connectivity index (χ2v) is 9.79. The number of hydrogen-bond donors (Lipinski definition) is 12. The number of aliphatic hydroxyl groups excluding tert-OH is 10. The molecule has 214 valence electrons. The Hall–Kier alpha value is -0.450. The van der Waals surface area contributed by atoms with Crippen molar-refractivity contribution in [2.75, 3.05) is 26.4 Å². The summed E-state index contributed by atoms with van der Waals surface area (Å²) in [5.41, 5.74) is 5.67. The lowest BCUT2D eigenvalue weighted by atomic mass is 9.98. The minimum absolute atomic E-state index is 0.676. The number of aliphatic hydroxyl groups is 10. The van der Waals surface area contributed by atoms with E-state index in [-0.39, 0.29) is 0 Å². The minimum atomic E-state index is -4.95. The monoisotopic (exact) mass is 555 g/mol. The first-order chi connectivity index (χ1) is 16.7. The van der Waals surface area contributed by atoms with Crippen LogP contribution in [0.15, 0.2) is 0 Å². The van der Waals surface area contributed by atoms with Gasteiger partial charge < -0.3 is 75.9 Å². The number of rotatable bonds is 12. The van der Waals surface area contributed by atoms with Crippen LogP contribution >= 0.6 is 7.82 Å². The van der Waals surface area contributed by atoms with Crippen molar-refractivity contribution in [3.8, 4) is 0 Å². The van der Waals surface area contributed by atoms with Crippen LogP contribution in [0.3, 0.4) is 0 Å². The molecule has 2 aliphatic rings. The molecule has 3 unspecified atom stereocenters. The minimum Gasteiger partial charge on any atom is -0.394 e. The Morgan fingerprint density at radius 1 is 0.806 bits per heavy atom. The van der Waals surface area contributed by atoms with Crippen LogP contribution in [-0.2, 0) is 27.8 Å². The van der Waals surface area contributed by atoms with Crippen molar-refractivity contribution >= 4 is 7.82 Å². The number of phosphoric ester groups is 1. The van der Waals surface area contributed by atoms with Crippen molar-refractivity contribution in [1.29, 1.82) is 0 Å². The summed E-state index contributed by atoms with van der Waals surface area (Å²) in [6, 6.07) is -1.28. The maximum absolute atomic E-state index is 12.0. The van der Waals surface area contributed by atoms with E-state index in [1.54, 1.807) is 0 Å². The average Bonchev–Trinajstić information content (AvgIpc) is 2.84. The highest BCUT2D eigenvalue weighted by Crippen LogP contribution is 2.44. The molecule has 2 rings (SSSR count). The smallest absolute Gasteiger partial charge is 0.394 e. The predicted molar refractivity (Wildman–Crippen MR) is 110 cm³/mol. The highest BCUT2D eigenvalue weighted by atomic mass is 31.2. The van der Waals surface area contributed by atoms with Gasteiger partial charge in [0.05, 0.1) is 32.5 Å². The third-order valence-corrected chi connectivity index (χ3v) is 6.60. The fraction of sp³-hybridized carbons (Fsp3) is 1.00. The summed E-state index contributed by atoms with van der Waals surface area (Å²) >= 11 is 0. The van der Waals surface area contributed by atoms with Crippen LogP contribution in [0.1, 0.15) is 0 Å². The molecule has 18 nitrogen and oxygen atoms in total. The molecule has 0 aliphatic carbocycles. The molecule has 0 radical (unpaired) electrons. The topological polar surface area (TPSA) is 312 Å². The van der Waals surface area contributed by atoms with Gasteiger partial charge in [-0.25, -0.2) is 4.57 Å². The maximum Gasteiger partial charge on any atom is 0.472 e. The Balaban J connectivity index is 1.78. The summed E-state index contributed by atoms with van der Waals surface area (Å²) in [4.78, 5) is 9.71. The molecule has 2 fully saturated rings. The quantitative estimate of drug-likeness (QED) is 0.0995. The predicted octanol–water partition coefficient (Wildman–Crippen LogP) is -7.21. The zero-order valence-electron chi connectivity index (χ0n) is 18.7. The van der Waals surface area contributed by atoms with Crippen LogP contribution in [0.25, 0.3) is 0 Å². The van der Waals surface area contributed by atoms with Gasteiger partial charge in [0.2, 0.25) is 0 Å². The van der Waals surface area contributed by atoms with E-state index in [0.717, 1.165) is 0 Å². The van der Waals surface area contributed by atoms with Crippen LogP contribution in [0, 0.1) is 0 Å². The molecule has 14 atom stereocenters. The van der Waals surface area contributed by atoms with Crippen molar-refractivity contribution in [3.05, 3.63) is 0 Å². The Kier molecular flexibility index (Phi) is 12.0. The first-order valence-corrected chi connectivity index (χ1v) is 12.2. The molecule has 0 aromatic heterocycles. The van der Waals surface area contributed by atoms with E-state index in [2.05, 4.69) is 9.05 Å². The van der Waals surface area contributed by atoms with E-state index < -0.39 is 114 Å². The van der Waals surface area contributed by atoms with E-state index in [4.69, 9.17) is 19.9 Å². The first kappa shape index (κ1) is 31.8. The zero-order valence-corrected chi connectivity index (χ0v) is 19.6. The highest BCUT2D eigenvalue weighted by Gasteiger charge is 2.45. The average molecular weight is 555 g/mol. The maximum atomic E-state index is 12.0. The SMILES string of the molecule is N[C@H]1C(OC[C@H](O)[C@H](O)[C@H](O)COP(=O)(O)OC[C@H]2OC(O)[C@H](O)[C@@H](O)[C@@H]2O)O[C@H](CO)[C@H](O)[C@@H]1O. The van der Waals surface area contributed by atoms with Crippen LogP contribution in [-0.4, -0.2) is 162 Å². The van der Waals surface area contributed by atoms with Gasteiger partial charge in [-0.05, 0) is 0 Å². The van der Waals surface area contributed by atoms with Gasteiger partial charge >= 0.3 is 7.82 Å². The van der Waals surface area contributed by atoms with E-state index in [1.807, 2.05) is 0 Å². The Labute approximate surface area is 204 Å². The summed E-state index contributed by atoms with van der Waals surface area (Å²) < 4.78 is 36.2.